The summed E-state index contributed by atoms with van der Waals surface area (Å²) in [5.74, 6) is 1.07. The van der Waals surface area contributed by atoms with Crippen molar-refractivity contribution >= 4 is 32.0 Å². The van der Waals surface area contributed by atoms with E-state index in [0.717, 1.165) is 50.7 Å². The molecule has 2 fully saturated rings. The van der Waals surface area contributed by atoms with Crippen molar-refractivity contribution in [3.63, 3.8) is 0 Å². The van der Waals surface area contributed by atoms with Crippen molar-refractivity contribution in [3.8, 4) is 0 Å². The Kier molecular flexibility index (Phi) is 9.67. The Morgan fingerprint density at radius 1 is 1.23 bits per heavy atom. The fraction of sp³-hybridized carbons (Fsp3) is 0.875. The van der Waals surface area contributed by atoms with Gasteiger partial charge in [0.1, 0.15) is 6.61 Å². The average Bonchev–Trinajstić information content (AvgIpc) is 3.13. The van der Waals surface area contributed by atoms with Crippen LogP contribution in [0.5, 0.6) is 0 Å². The normalized spacial score (nSPS) is 24.7. The highest BCUT2D eigenvalue weighted by Gasteiger charge is 2.42. The number of amides is 3. The highest BCUT2D eigenvalue weighted by atomic mass is 32.2. The van der Waals surface area contributed by atoms with Crippen molar-refractivity contribution in [1.29, 1.82) is 0 Å². The fourth-order valence-electron chi connectivity index (χ4n) is 3.31. The van der Waals surface area contributed by atoms with E-state index in [2.05, 4.69) is 20.5 Å². The molecule has 4 unspecified atom stereocenters. The van der Waals surface area contributed by atoms with E-state index >= 15 is 0 Å². The molecular weight excluding hydrogens is 377 g/mol. The minimum Gasteiger partial charge on any atom is -0.356 e. The third-order valence-electron chi connectivity index (χ3n) is 4.68. The van der Waals surface area contributed by atoms with Crippen LogP contribution >= 0.6 is 20.0 Å². The maximum atomic E-state index is 11.8. The molecule has 0 saturated carbocycles. The van der Waals surface area contributed by atoms with E-state index in [1.165, 1.54) is 0 Å². The van der Waals surface area contributed by atoms with Gasteiger partial charge in [0.15, 0.2) is 0 Å². The van der Waals surface area contributed by atoms with Crippen molar-refractivity contribution in [3.05, 3.63) is 0 Å². The topological polar surface area (TPSA) is 117 Å². The lowest BCUT2D eigenvalue weighted by Gasteiger charge is -2.16. The predicted molar refractivity (Wildman–Crippen MR) is 101 cm³/mol. The van der Waals surface area contributed by atoms with Crippen molar-refractivity contribution in [2.75, 3.05) is 18.9 Å². The molecule has 4 N–H and O–H groups in total. The number of unbranched alkanes of at least 4 members (excludes halogenated alkanes) is 4. The molecule has 148 valence electrons. The van der Waals surface area contributed by atoms with Gasteiger partial charge in [-0.3, -0.25) is 4.79 Å². The second-order valence-electron chi connectivity index (χ2n) is 6.70. The fourth-order valence-corrected chi connectivity index (χ4v) is 5.14. The first kappa shape index (κ1) is 21.4. The summed E-state index contributed by atoms with van der Waals surface area (Å²) in [6.07, 6.45) is 7.00. The molecule has 2 aliphatic heterocycles. The molecule has 10 heteroatoms. The van der Waals surface area contributed by atoms with Gasteiger partial charge in [-0.15, -0.1) is 9.42 Å². The molecule has 4 atom stereocenters. The van der Waals surface area contributed by atoms with Crippen LogP contribution in [0.4, 0.5) is 4.79 Å². The maximum Gasteiger partial charge on any atom is 0.694 e. The lowest BCUT2D eigenvalue weighted by Crippen LogP contribution is -2.36. The quantitative estimate of drug-likeness (QED) is 0.211. The predicted octanol–water partition coefficient (Wildman–Crippen LogP) is 2.06. The second kappa shape index (κ2) is 11.7. The van der Waals surface area contributed by atoms with Crippen LogP contribution in [0.15, 0.2) is 0 Å². The molecule has 2 rings (SSSR count). The van der Waals surface area contributed by atoms with Gasteiger partial charge in [-0.2, -0.15) is 11.8 Å². The first-order valence-electron chi connectivity index (χ1n) is 9.30. The van der Waals surface area contributed by atoms with Crippen LogP contribution in [0, 0.1) is 0 Å². The van der Waals surface area contributed by atoms with Gasteiger partial charge in [0.2, 0.25) is 5.91 Å². The standard InChI is InChI=1S/C16H28N3O5PS/c20-14(17-9-5-1-2-6-10-24-25(22)23)8-4-3-7-13-15-12(11-26-13)18-16(21)19-15/h12-13,15H,1-11H2,(H3-,17,18,19,20,21,22,23)/p+1. The molecule has 26 heavy (non-hydrogen) atoms. The van der Waals surface area contributed by atoms with E-state index in [1.807, 2.05) is 11.8 Å². The third kappa shape index (κ3) is 7.78. The molecule has 0 radical (unpaired) electrons. The summed E-state index contributed by atoms with van der Waals surface area (Å²) in [5.41, 5.74) is 0. The van der Waals surface area contributed by atoms with E-state index in [1.54, 1.807) is 0 Å². The summed E-state index contributed by atoms with van der Waals surface area (Å²) in [6.45, 7) is 0.979. The maximum absolute atomic E-state index is 11.8. The van der Waals surface area contributed by atoms with E-state index in [9.17, 15) is 14.2 Å². The number of rotatable bonds is 13. The number of fused-ring (bicyclic) bond motifs is 1. The molecule has 0 aliphatic carbocycles. The minimum atomic E-state index is -2.48. The van der Waals surface area contributed by atoms with E-state index < -0.39 is 8.25 Å². The summed E-state index contributed by atoms with van der Waals surface area (Å²) in [6, 6.07) is 0.449. The molecule has 3 amide bonds. The highest BCUT2D eigenvalue weighted by molar-refractivity contribution is 8.00. The van der Waals surface area contributed by atoms with E-state index in [-0.39, 0.29) is 24.0 Å². The molecular formula is C16H29N3O5PS+. The van der Waals surface area contributed by atoms with E-state index in [0.29, 0.717) is 24.8 Å². The van der Waals surface area contributed by atoms with Gasteiger partial charge >= 0.3 is 14.3 Å². The number of hydrogen-bond donors (Lipinski definition) is 4. The lowest BCUT2D eigenvalue weighted by molar-refractivity contribution is -0.121. The van der Waals surface area contributed by atoms with Gasteiger partial charge in [0.05, 0.1) is 12.1 Å². The van der Waals surface area contributed by atoms with Crippen LogP contribution in [0.25, 0.3) is 0 Å². The minimum absolute atomic E-state index is 0.0546. The zero-order valence-corrected chi connectivity index (χ0v) is 16.7. The molecule has 8 nitrogen and oxygen atoms in total. The monoisotopic (exact) mass is 406 g/mol. The SMILES string of the molecule is O=C(CCCCC1SCC2NC(=O)NC21)NCCCCCCO[P+](=O)O. The lowest BCUT2D eigenvalue weighted by atomic mass is 10.0. The Hall–Kier alpha value is -0.890. The van der Waals surface area contributed by atoms with Gasteiger partial charge in [-0.05, 0) is 25.7 Å². The van der Waals surface area contributed by atoms with Gasteiger partial charge in [0.25, 0.3) is 0 Å². The van der Waals surface area contributed by atoms with Crippen LogP contribution in [-0.4, -0.2) is 53.1 Å². The third-order valence-corrected chi connectivity index (χ3v) is 6.59. The number of nitrogens with one attached hydrogen (secondary N) is 3. The molecule has 0 aromatic heterocycles. The molecule has 0 spiro atoms. The molecule has 2 saturated heterocycles. The van der Waals surface area contributed by atoms with Gasteiger partial charge in [0, 0.05) is 28.5 Å². The van der Waals surface area contributed by atoms with Gasteiger partial charge < -0.3 is 16.0 Å². The van der Waals surface area contributed by atoms with Crippen LogP contribution < -0.4 is 16.0 Å². The van der Waals surface area contributed by atoms with Crippen molar-refractivity contribution in [1.82, 2.24) is 16.0 Å². The largest absolute Gasteiger partial charge is 0.694 e. The summed E-state index contributed by atoms with van der Waals surface area (Å²) in [4.78, 5) is 31.6. The first-order chi connectivity index (χ1) is 12.6. The first-order valence-corrected chi connectivity index (χ1v) is 11.5. The number of carbonyl (C=O) groups is 2. The Labute approximate surface area is 159 Å². The van der Waals surface area contributed by atoms with E-state index in [4.69, 9.17) is 4.89 Å². The summed E-state index contributed by atoms with van der Waals surface area (Å²) >= 11 is 1.90. The van der Waals surface area contributed by atoms with Crippen LogP contribution in [-0.2, 0) is 13.9 Å². The van der Waals surface area contributed by atoms with Crippen LogP contribution in [0.2, 0.25) is 0 Å². The number of thioether (sulfide) groups is 1. The van der Waals surface area contributed by atoms with Crippen LogP contribution in [0.3, 0.4) is 0 Å². The number of urea groups is 1. The Morgan fingerprint density at radius 2 is 2.04 bits per heavy atom. The molecule has 2 aliphatic rings. The van der Waals surface area contributed by atoms with Crippen molar-refractivity contribution in [2.24, 2.45) is 0 Å². The van der Waals surface area contributed by atoms with Crippen LogP contribution in [0.1, 0.15) is 51.4 Å². The zero-order chi connectivity index (χ0) is 18.8. The summed E-state index contributed by atoms with van der Waals surface area (Å²) < 4.78 is 14.9. The zero-order valence-electron chi connectivity index (χ0n) is 14.9. The van der Waals surface area contributed by atoms with Crippen molar-refractivity contribution < 1.29 is 23.6 Å². The Morgan fingerprint density at radius 3 is 2.85 bits per heavy atom. The highest BCUT2D eigenvalue weighted by Crippen LogP contribution is 2.33. The molecule has 0 bridgehead atoms. The molecule has 0 aromatic carbocycles. The summed E-state index contributed by atoms with van der Waals surface area (Å²) in [7, 11) is -2.48. The smallest absolute Gasteiger partial charge is 0.356 e. The number of carbonyl (C=O) groups excluding carboxylic acids is 2. The number of hydrogen-bond acceptors (Lipinski definition) is 5. The molecule has 2 heterocycles. The van der Waals surface area contributed by atoms with Gasteiger partial charge in [-0.25, -0.2) is 4.79 Å². The Bertz CT molecular complexity index is 497. The second-order valence-corrected chi connectivity index (χ2v) is 8.71. The van der Waals surface area contributed by atoms with Gasteiger partial charge in [-0.1, -0.05) is 19.3 Å². The summed E-state index contributed by atoms with van der Waals surface area (Å²) in [5, 5.41) is 9.31. The average molecular weight is 406 g/mol. The van der Waals surface area contributed by atoms with Crippen molar-refractivity contribution in [2.45, 2.75) is 68.7 Å². The Balaban J connectivity index is 1.40. The molecule has 0 aromatic rings.